The molecule has 0 amide bonds. The fraction of sp³-hybridized carbons (Fsp3) is 0.0588. The van der Waals surface area contributed by atoms with Gasteiger partial charge in [0.2, 0.25) is 0 Å². The van der Waals surface area contributed by atoms with Gasteiger partial charge in [-0.05, 0) is 23.3 Å². The third-order valence-electron chi connectivity index (χ3n) is 2.75. The van der Waals surface area contributed by atoms with Crippen molar-refractivity contribution in [3.8, 4) is 6.07 Å². The summed E-state index contributed by atoms with van der Waals surface area (Å²) in [5, 5.41) is 12.5. The molecule has 0 aliphatic heterocycles. The van der Waals surface area contributed by atoms with Crippen LogP contribution >= 0.6 is 0 Å². The Bertz CT molecular complexity index is 651. The van der Waals surface area contributed by atoms with Crippen LogP contribution in [0, 0.1) is 11.3 Å². The zero-order chi connectivity index (χ0) is 14.2. The van der Waals surface area contributed by atoms with Crippen molar-refractivity contribution >= 4 is 12.3 Å². The fourth-order valence-corrected chi connectivity index (χ4v) is 1.67. The van der Waals surface area contributed by atoms with Crippen LogP contribution in [0.25, 0.3) is 6.08 Å². The zero-order valence-electron chi connectivity index (χ0n) is 10.9. The van der Waals surface area contributed by atoms with E-state index in [1.807, 2.05) is 24.3 Å². The maximum absolute atomic E-state index is 8.69. The average molecular weight is 261 g/mol. The predicted molar refractivity (Wildman–Crippen MR) is 79.0 cm³/mol. The Balaban J connectivity index is 1.93. The van der Waals surface area contributed by atoms with Gasteiger partial charge in [0.05, 0.1) is 11.6 Å². The lowest BCUT2D eigenvalue weighted by Crippen LogP contribution is -1.91. The van der Waals surface area contributed by atoms with Crippen LogP contribution in [0.2, 0.25) is 0 Å². The normalized spacial score (nSPS) is 10.2. The standard InChI is InChI=1S/C17H13N2O/c1-2-16-5-3-4-6-17(16)13-20-19-12-15-9-7-14(11-18)8-10-15/h2-10H,1,13H2. The second kappa shape index (κ2) is 6.91. The molecule has 97 valence electrons. The van der Waals surface area contributed by atoms with E-state index in [1.165, 1.54) is 0 Å². The van der Waals surface area contributed by atoms with Gasteiger partial charge in [-0.2, -0.15) is 5.26 Å². The minimum absolute atomic E-state index is 0.367. The van der Waals surface area contributed by atoms with Crippen LogP contribution in [-0.2, 0) is 11.4 Å². The highest BCUT2D eigenvalue weighted by Gasteiger charge is 1.97. The summed E-state index contributed by atoms with van der Waals surface area (Å²) in [7, 11) is 0. The summed E-state index contributed by atoms with van der Waals surface area (Å²) < 4.78 is 0. The minimum Gasteiger partial charge on any atom is -0.390 e. The summed E-state index contributed by atoms with van der Waals surface area (Å²) in [6, 6.07) is 16.9. The molecular formula is C17H13N2O. The number of rotatable bonds is 5. The van der Waals surface area contributed by atoms with E-state index in [4.69, 9.17) is 10.1 Å². The molecule has 2 rings (SSSR count). The Morgan fingerprint density at radius 1 is 1.10 bits per heavy atom. The molecule has 2 aromatic rings. The van der Waals surface area contributed by atoms with Gasteiger partial charge in [0.1, 0.15) is 12.8 Å². The smallest absolute Gasteiger partial charge is 0.142 e. The lowest BCUT2D eigenvalue weighted by atomic mass is 10.1. The van der Waals surface area contributed by atoms with Crippen LogP contribution in [0.5, 0.6) is 0 Å². The Morgan fingerprint density at radius 3 is 2.50 bits per heavy atom. The first-order valence-electron chi connectivity index (χ1n) is 6.12. The molecule has 0 heterocycles. The maximum atomic E-state index is 8.69. The third kappa shape index (κ3) is 3.56. The largest absolute Gasteiger partial charge is 0.390 e. The van der Waals surface area contributed by atoms with Crippen molar-refractivity contribution in [3.63, 3.8) is 0 Å². The molecule has 0 unspecified atom stereocenters. The first-order chi connectivity index (χ1) is 9.83. The van der Waals surface area contributed by atoms with Gasteiger partial charge in [0.25, 0.3) is 0 Å². The zero-order valence-corrected chi connectivity index (χ0v) is 10.9. The molecule has 0 aliphatic rings. The Labute approximate surface area is 118 Å². The Morgan fingerprint density at radius 2 is 1.80 bits per heavy atom. The molecule has 1 radical (unpaired) electrons. The van der Waals surface area contributed by atoms with Crippen molar-refractivity contribution in [1.82, 2.24) is 0 Å². The molecule has 0 fully saturated rings. The molecule has 3 heteroatoms. The Hall–Kier alpha value is -2.86. The van der Waals surface area contributed by atoms with Crippen molar-refractivity contribution in [2.75, 3.05) is 0 Å². The van der Waals surface area contributed by atoms with E-state index in [0.29, 0.717) is 12.2 Å². The van der Waals surface area contributed by atoms with Gasteiger partial charge in [0, 0.05) is 5.56 Å². The molecule has 0 N–H and O–H groups in total. The summed E-state index contributed by atoms with van der Waals surface area (Å²) in [4.78, 5) is 5.22. The Kier molecular flexibility index (Phi) is 4.69. The van der Waals surface area contributed by atoms with Gasteiger partial charge in [-0.1, -0.05) is 54.2 Å². The van der Waals surface area contributed by atoms with Gasteiger partial charge in [-0.25, -0.2) is 0 Å². The van der Waals surface area contributed by atoms with Crippen LogP contribution in [0.3, 0.4) is 0 Å². The third-order valence-corrected chi connectivity index (χ3v) is 2.75. The van der Waals surface area contributed by atoms with Crippen molar-refractivity contribution in [2.24, 2.45) is 5.16 Å². The van der Waals surface area contributed by atoms with Crippen molar-refractivity contribution < 1.29 is 4.84 Å². The SMILES string of the molecule is C=Cc1ccccc1CO/N=[C]\c1ccc(C#N)cc1. The molecule has 0 bridgehead atoms. The summed E-state index contributed by atoms with van der Waals surface area (Å²) in [5.74, 6) is 0. The van der Waals surface area contributed by atoms with E-state index in [1.54, 1.807) is 30.3 Å². The number of hydrogen-bond acceptors (Lipinski definition) is 3. The highest BCUT2D eigenvalue weighted by Crippen LogP contribution is 2.11. The van der Waals surface area contributed by atoms with Crippen LogP contribution in [0.1, 0.15) is 22.3 Å². The lowest BCUT2D eigenvalue weighted by Gasteiger charge is -2.03. The molecule has 0 spiro atoms. The van der Waals surface area contributed by atoms with Crippen molar-refractivity contribution in [2.45, 2.75) is 6.61 Å². The van der Waals surface area contributed by atoms with Gasteiger partial charge >= 0.3 is 0 Å². The number of nitriles is 1. The quantitative estimate of drug-likeness (QED) is 0.609. The second-order valence-corrected chi connectivity index (χ2v) is 4.07. The first kappa shape index (κ1) is 13.6. The molecule has 0 atom stereocenters. The van der Waals surface area contributed by atoms with Gasteiger partial charge in [-0.15, -0.1) is 0 Å². The summed E-state index contributed by atoms with van der Waals surface area (Å²) in [6.07, 6.45) is 4.56. The monoisotopic (exact) mass is 261 g/mol. The topological polar surface area (TPSA) is 45.4 Å². The molecular weight excluding hydrogens is 248 g/mol. The number of nitrogens with zero attached hydrogens (tertiary/aromatic N) is 2. The number of hydrogen-bond donors (Lipinski definition) is 0. The van der Waals surface area contributed by atoms with E-state index >= 15 is 0 Å². The molecule has 0 aliphatic carbocycles. The average Bonchev–Trinajstić information content (AvgIpc) is 2.52. The van der Waals surface area contributed by atoms with E-state index in [-0.39, 0.29) is 0 Å². The molecule has 20 heavy (non-hydrogen) atoms. The van der Waals surface area contributed by atoms with Crippen LogP contribution in [-0.4, -0.2) is 6.21 Å². The van der Waals surface area contributed by atoms with E-state index in [0.717, 1.165) is 16.7 Å². The van der Waals surface area contributed by atoms with Crippen LogP contribution in [0.15, 0.2) is 60.3 Å². The summed E-state index contributed by atoms with van der Waals surface area (Å²) in [5.41, 5.74) is 3.42. The molecule has 0 saturated heterocycles. The van der Waals surface area contributed by atoms with E-state index in [2.05, 4.69) is 24.0 Å². The van der Waals surface area contributed by atoms with Gasteiger partial charge in [0.15, 0.2) is 0 Å². The maximum Gasteiger partial charge on any atom is 0.142 e. The molecule has 0 saturated carbocycles. The van der Waals surface area contributed by atoms with Crippen LogP contribution in [0.4, 0.5) is 0 Å². The van der Waals surface area contributed by atoms with Gasteiger partial charge < -0.3 is 4.84 Å². The second-order valence-electron chi connectivity index (χ2n) is 4.07. The first-order valence-corrected chi connectivity index (χ1v) is 6.12. The van der Waals surface area contributed by atoms with E-state index < -0.39 is 0 Å². The highest BCUT2D eigenvalue weighted by atomic mass is 16.6. The molecule has 0 aromatic heterocycles. The van der Waals surface area contributed by atoms with Crippen molar-refractivity contribution in [3.05, 3.63) is 77.4 Å². The van der Waals surface area contributed by atoms with Gasteiger partial charge in [-0.3, -0.25) is 0 Å². The number of benzene rings is 2. The van der Waals surface area contributed by atoms with Crippen molar-refractivity contribution in [1.29, 1.82) is 5.26 Å². The summed E-state index contributed by atoms with van der Waals surface area (Å²) in [6.45, 7) is 4.12. The van der Waals surface area contributed by atoms with Crippen LogP contribution < -0.4 is 0 Å². The fourth-order valence-electron chi connectivity index (χ4n) is 1.67. The highest BCUT2D eigenvalue weighted by molar-refractivity contribution is 5.79. The molecule has 2 aromatic carbocycles. The minimum atomic E-state index is 0.367. The molecule has 3 nitrogen and oxygen atoms in total. The summed E-state index contributed by atoms with van der Waals surface area (Å²) >= 11 is 0. The predicted octanol–water partition coefficient (Wildman–Crippen LogP) is 3.63. The van der Waals surface area contributed by atoms with E-state index in [9.17, 15) is 0 Å². The lowest BCUT2D eigenvalue weighted by molar-refractivity contribution is 0.132.